The van der Waals surface area contributed by atoms with Crippen LogP contribution in [0.2, 0.25) is 0 Å². The van der Waals surface area contributed by atoms with Crippen LogP contribution in [0.1, 0.15) is 49.2 Å². The van der Waals surface area contributed by atoms with E-state index in [0.29, 0.717) is 13.0 Å². The van der Waals surface area contributed by atoms with E-state index in [-0.39, 0.29) is 11.8 Å². The molecule has 5 rings (SSSR count). The van der Waals surface area contributed by atoms with Gasteiger partial charge in [-0.15, -0.1) is 0 Å². The quantitative estimate of drug-likeness (QED) is 0.453. The van der Waals surface area contributed by atoms with Gasteiger partial charge in [0.1, 0.15) is 5.82 Å². The van der Waals surface area contributed by atoms with Crippen LogP contribution < -0.4 is 0 Å². The van der Waals surface area contributed by atoms with E-state index in [1.54, 1.807) is 0 Å². The number of amides is 1. The van der Waals surface area contributed by atoms with Crippen LogP contribution in [0.5, 0.6) is 0 Å². The van der Waals surface area contributed by atoms with E-state index in [1.807, 2.05) is 24.8 Å². The smallest absolute Gasteiger partial charge is 0.224 e. The Morgan fingerprint density at radius 1 is 1.18 bits per heavy atom. The van der Waals surface area contributed by atoms with Crippen LogP contribution in [0.4, 0.5) is 0 Å². The number of likely N-dealkylation sites (tertiary alicyclic amines) is 1. The molecule has 1 atom stereocenters. The monoisotopic (exact) mass is 441 g/mol. The van der Waals surface area contributed by atoms with Crippen LogP contribution in [-0.4, -0.2) is 43.4 Å². The second-order valence-corrected chi connectivity index (χ2v) is 9.02. The predicted molar refractivity (Wildman–Crippen MR) is 131 cm³/mol. The predicted octanol–water partition coefficient (Wildman–Crippen LogP) is 5.09. The topological polar surface area (TPSA) is 66.8 Å². The number of hydrogen-bond donors (Lipinski definition) is 1. The number of H-pyrrole nitrogens is 1. The number of aryl methyl sites for hydroxylation is 3. The molecule has 0 bridgehead atoms. The van der Waals surface area contributed by atoms with Crippen LogP contribution in [-0.2, 0) is 17.8 Å². The summed E-state index contributed by atoms with van der Waals surface area (Å²) < 4.78 is 2.10. The molecule has 0 radical (unpaired) electrons. The van der Waals surface area contributed by atoms with Crippen LogP contribution in [0.25, 0.3) is 22.0 Å². The highest BCUT2D eigenvalue weighted by atomic mass is 16.2. The summed E-state index contributed by atoms with van der Waals surface area (Å²) in [4.78, 5) is 27.5. The lowest BCUT2D eigenvalue weighted by atomic mass is 9.89. The molecule has 6 nitrogen and oxygen atoms in total. The van der Waals surface area contributed by atoms with Gasteiger partial charge in [0.2, 0.25) is 5.91 Å². The first-order valence-corrected chi connectivity index (χ1v) is 11.9. The van der Waals surface area contributed by atoms with Crippen LogP contribution >= 0.6 is 0 Å². The molecule has 1 fully saturated rings. The fraction of sp³-hybridized carbons (Fsp3) is 0.370. The molecule has 33 heavy (non-hydrogen) atoms. The third-order valence-electron chi connectivity index (χ3n) is 6.82. The third-order valence-corrected chi connectivity index (χ3v) is 6.82. The van der Waals surface area contributed by atoms with Crippen molar-refractivity contribution in [2.45, 2.75) is 52.0 Å². The molecule has 1 aliphatic heterocycles. The van der Waals surface area contributed by atoms with Crippen LogP contribution in [0, 0.1) is 6.92 Å². The minimum atomic E-state index is 0.230. The van der Waals surface area contributed by atoms with Gasteiger partial charge < -0.3 is 14.5 Å². The average molecular weight is 442 g/mol. The normalized spacial score (nSPS) is 16.4. The van der Waals surface area contributed by atoms with Gasteiger partial charge in [0, 0.05) is 85.3 Å². The lowest BCUT2D eigenvalue weighted by Gasteiger charge is -2.33. The maximum Gasteiger partial charge on any atom is 0.224 e. The van der Waals surface area contributed by atoms with Gasteiger partial charge in [0.15, 0.2) is 0 Å². The number of imidazole rings is 1. The van der Waals surface area contributed by atoms with Crippen LogP contribution in [0.15, 0.2) is 55.1 Å². The van der Waals surface area contributed by atoms with E-state index in [4.69, 9.17) is 0 Å². The molecule has 170 valence electrons. The highest BCUT2D eigenvalue weighted by molar-refractivity contribution is 5.98. The second kappa shape index (κ2) is 9.22. The molecule has 0 aliphatic carbocycles. The van der Waals surface area contributed by atoms with Crippen molar-refractivity contribution < 1.29 is 4.79 Å². The maximum atomic E-state index is 13.1. The first-order chi connectivity index (χ1) is 16.1. The molecule has 4 aromatic rings. The van der Waals surface area contributed by atoms with Crippen molar-refractivity contribution in [3.05, 3.63) is 72.2 Å². The molecule has 0 saturated carbocycles. The molecule has 0 spiro atoms. The number of carbonyl (C=O) groups is 1. The molecule has 1 aliphatic rings. The van der Waals surface area contributed by atoms with Gasteiger partial charge in [-0.1, -0.05) is 18.6 Å². The van der Waals surface area contributed by atoms with E-state index in [1.165, 1.54) is 27.8 Å². The number of nitrogens with zero attached hydrogens (tertiary/aromatic N) is 4. The summed E-state index contributed by atoms with van der Waals surface area (Å²) in [6.07, 6.45) is 11.0. The maximum absolute atomic E-state index is 13.1. The highest BCUT2D eigenvalue weighted by Crippen LogP contribution is 2.39. The summed E-state index contributed by atoms with van der Waals surface area (Å²) in [5.74, 6) is 1.56. The molecule has 1 saturated heterocycles. The molecule has 4 heterocycles. The lowest BCUT2D eigenvalue weighted by molar-refractivity contribution is -0.132. The molecule has 1 N–H and O–H groups in total. The molecule has 1 amide bonds. The Morgan fingerprint density at radius 2 is 2.03 bits per heavy atom. The summed E-state index contributed by atoms with van der Waals surface area (Å²) in [6.45, 7) is 6.51. The van der Waals surface area contributed by atoms with E-state index in [9.17, 15) is 4.79 Å². The number of piperidine rings is 1. The van der Waals surface area contributed by atoms with Gasteiger partial charge in [-0.2, -0.15) is 0 Å². The van der Waals surface area contributed by atoms with Gasteiger partial charge in [-0.3, -0.25) is 9.78 Å². The third kappa shape index (κ3) is 4.30. The Kier molecular flexibility index (Phi) is 5.99. The zero-order valence-corrected chi connectivity index (χ0v) is 19.4. The molecule has 3 aromatic heterocycles. The SMILES string of the molecule is CCc1nccn1CCC(=O)N1CCCC(c2[nH]c3ccc(C)cc3c2-c2ccncc2)C1. The number of aromatic nitrogens is 4. The number of carbonyl (C=O) groups excluding carboxylic acids is 1. The van der Waals surface area contributed by atoms with Crippen molar-refractivity contribution in [1.82, 2.24) is 24.4 Å². The summed E-state index contributed by atoms with van der Waals surface area (Å²) in [7, 11) is 0. The van der Waals surface area contributed by atoms with E-state index in [0.717, 1.165) is 43.7 Å². The van der Waals surface area contributed by atoms with Crippen molar-refractivity contribution in [2.24, 2.45) is 0 Å². The summed E-state index contributed by atoms with van der Waals surface area (Å²) in [5, 5.41) is 1.24. The zero-order valence-electron chi connectivity index (χ0n) is 19.4. The highest BCUT2D eigenvalue weighted by Gasteiger charge is 2.28. The summed E-state index contributed by atoms with van der Waals surface area (Å²) in [5.41, 5.74) is 6.06. The minimum Gasteiger partial charge on any atom is -0.358 e. The Hall–Kier alpha value is -3.41. The molecule has 1 aromatic carbocycles. The van der Waals surface area contributed by atoms with Gasteiger partial charge in [0.05, 0.1) is 0 Å². The van der Waals surface area contributed by atoms with Gasteiger partial charge in [-0.25, -0.2) is 4.98 Å². The second-order valence-electron chi connectivity index (χ2n) is 9.02. The first kappa shape index (κ1) is 21.4. The van der Waals surface area contributed by atoms with Crippen molar-refractivity contribution in [3.8, 4) is 11.1 Å². The molecule has 6 heteroatoms. The molecular formula is C27H31N5O. The summed E-state index contributed by atoms with van der Waals surface area (Å²) >= 11 is 0. The van der Waals surface area contributed by atoms with Crippen LogP contribution in [0.3, 0.4) is 0 Å². The van der Waals surface area contributed by atoms with E-state index < -0.39 is 0 Å². The zero-order chi connectivity index (χ0) is 22.8. The number of pyridine rings is 1. The lowest BCUT2D eigenvalue weighted by Crippen LogP contribution is -2.39. The fourth-order valence-electron chi connectivity index (χ4n) is 5.13. The fourth-order valence-corrected chi connectivity index (χ4v) is 5.13. The van der Waals surface area contributed by atoms with E-state index in [2.05, 4.69) is 68.6 Å². The number of hydrogen-bond acceptors (Lipinski definition) is 3. The Labute approximate surface area is 194 Å². The van der Waals surface area contributed by atoms with E-state index >= 15 is 0 Å². The number of benzene rings is 1. The van der Waals surface area contributed by atoms with Gasteiger partial charge in [-0.05, 0) is 49.6 Å². The Bertz CT molecular complexity index is 1260. The average Bonchev–Trinajstić information content (AvgIpc) is 3.47. The number of fused-ring (bicyclic) bond motifs is 1. The standard InChI is InChI=1S/C27H31N5O/c1-3-24-29-13-16-31(24)15-10-25(33)32-14-4-5-21(18-32)27-26(20-8-11-28-12-9-20)22-17-19(2)6-7-23(22)30-27/h6-9,11-13,16-17,21,30H,3-5,10,14-15,18H2,1-2H3. The Balaban J connectivity index is 1.40. The largest absolute Gasteiger partial charge is 0.358 e. The number of rotatable bonds is 6. The molecular weight excluding hydrogens is 410 g/mol. The molecule has 1 unspecified atom stereocenters. The van der Waals surface area contributed by atoms with Gasteiger partial charge in [0.25, 0.3) is 0 Å². The minimum absolute atomic E-state index is 0.230. The van der Waals surface area contributed by atoms with Gasteiger partial charge >= 0.3 is 0 Å². The van der Waals surface area contributed by atoms with Crippen molar-refractivity contribution in [1.29, 1.82) is 0 Å². The summed E-state index contributed by atoms with van der Waals surface area (Å²) in [6, 6.07) is 10.7. The number of nitrogens with one attached hydrogen (secondary N) is 1. The van der Waals surface area contributed by atoms with Crippen molar-refractivity contribution >= 4 is 16.8 Å². The first-order valence-electron chi connectivity index (χ1n) is 11.9. The Morgan fingerprint density at radius 3 is 2.85 bits per heavy atom. The number of aromatic amines is 1. The van der Waals surface area contributed by atoms with Crippen molar-refractivity contribution in [3.63, 3.8) is 0 Å². The van der Waals surface area contributed by atoms with Crippen molar-refractivity contribution in [2.75, 3.05) is 13.1 Å².